The van der Waals surface area contributed by atoms with Gasteiger partial charge < -0.3 is 20.7 Å². The number of benzene rings is 1. The second-order valence-electron chi connectivity index (χ2n) is 4.99. The van der Waals surface area contributed by atoms with Crippen LogP contribution in [-0.2, 0) is 26.1 Å². The second kappa shape index (κ2) is 7.88. The fourth-order valence-electron chi connectivity index (χ4n) is 2.06. The number of aryl methyl sites for hydroxylation is 1. The molecule has 1 heterocycles. The lowest BCUT2D eigenvalue weighted by Crippen LogP contribution is -2.23. The van der Waals surface area contributed by atoms with Crippen molar-refractivity contribution in [2.75, 3.05) is 6.61 Å². The number of aliphatic hydroxyl groups excluding tert-OH is 2. The molecule has 2 aromatic rings. The molecule has 0 saturated heterocycles. The quantitative estimate of drug-likeness (QED) is 0.644. The average molecular weight is 306 g/mol. The molecule has 0 spiro atoms. The summed E-state index contributed by atoms with van der Waals surface area (Å²) in [4.78, 5) is 0. The minimum atomic E-state index is -0.894. The third-order valence-electron chi connectivity index (χ3n) is 3.41. The average Bonchev–Trinajstić information content (AvgIpc) is 2.94. The van der Waals surface area contributed by atoms with Crippen molar-refractivity contribution in [1.82, 2.24) is 15.0 Å². The van der Waals surface area contributed by atoms with E-state index >= 15 is 0 Å². The largest absolute Gasteiger partial charge is 0.487 e. The first-order valence-electron chi connectivity index (χ1n) is 7.29. The number of hydrogen-bond acceptors (Lipinski definition) is 6. The lowest BCUT2D eigenvalue weighted by Gasteiger charge is -2.12. The molecule has 0 bridgehead atoms. The van der Waals surface area contributed by atoms with Crippen LogP contribution in [-0.4, -0.2) is 37.9 Å². The zero-order valence-electron chi connectivity index (χ0n) is 12.6. The van der Waals surface area contributed by atoms with Crippen molar-refractivity contribution in [3.63, 3.8) is 0 Å². The number of rotatable bonds is 8. The fourth-order valence-corrected chi connectivity index (χ4v) is 2.06. The van der Waals surface area contributed by atoms with Crippen molar-refractivity contribution in [1.29, 1.82) is 0 Å². The van der Waals surface area contributed by atoms with Crippen molar-refractivity contribution >= 4 is 0 Å². The Balaban J connectivity index is 2.08. The van der Waals surface area contributed by atoms with E-state index in [9.17, 15) is 5.11 Å². The van der Waals surface area contributed by atoms with Gasteiger partial charge in [0.05, 0.1) is 19.3 Å². The Morgan fingerprint density at radius 3 is 2.64 bits per heavy atom. The van der Waals surface area contributed by atoms with Gasteiger partial charge >= 0.3 is 0 Å². The number of nitrogens with two attached hydrogens (primary N) is 1. The van der Waals surface area contributed by atoms with Crippen molar-refractivity contribution < 1.29 is 14.9 Å². The molecule has 0 aliphatic carbocycles. The predicted octanol–water partition coefficient (Wildman–Crippen LogP) is 0.231. The van der Waals surface area contributed by atoms with Gasteiger partial charge in [-0.25, -0.2) is 4.68 Å². The Labute approximate surface area is 129 Å². The highest BCUT2D eigenvalue weighted by atomic mass is 16.5. The predicted molar refractivity (Wildman–Crippen MR) is 81.2 cm³/mol. The van der Waals surface area contributed by atoms with Gasteiger partial charge in [0.2, 0.25) is 0 Å². The van der Waals surface area contributed by atoms with Gasteiger partial charge in [0.1, 0.15) is 23.7 Å². The Morgan fingerprint density at radius 2 is 2.05 bits per heavy atom. The van der Waals surface area contributed by atoms with Crippen molar-refractivity contribution in [3.8, 4) is 5.75 Å². The summed E-state index contributed by atoms with van der Waals surface area (Å²) in [6, 6.07) is 7.86. The van der Waals surface area contributed by atoms with Gasteiger partial charge in [-0.1, -0.05) is 24.3 Å². The summed E-state index contributed by atoms with van der Waals surface area (Å²) in [5.41, 5.74) is 8.22. The molecule has 1 aromatic heterocycles. The van der Waals surface area contributed by atoms with Gasteiger partial charge in [-0.2, -0.15) is 0 Å². The third-order valence-corrected chi connectivity index (χ3v) is 3.41. The van der Waals surface area contributed by atoms with Crippen LogP contribution in [0.15, 0.2) is 24.3 Å². The first kappa shape index (κ1) is 16.4. The van der Waals surface area contributed by atoms with Crippen molar-refractivity contribution in [2.45, 2.75) is 39.1 Å². The molecular weight excluding hydrogens is 284 g/mol. The van der Waals surface area contributed by atoms with Crippen LogP contribution in [0, 0.1) is 0 Å². The maximum Gasteiger partial charge on any atom is 0.132 e. The van der Waals surface area contributed by atoms with Crippen LogP contribution >= 0.6 is 0 Å². The van der Waals surface area contributed by atoms with Crippen LogP contribution in [0.2, 0.25) is 0 Å². The lowest BCUT2D eigenvalue weighted by molar-refractivity contribution is 0.0761. The van der Waals surface area contributed by atoms with E-state index in [1.807, 2.05) is 24.3 Å². The third kappa shape index (κ3) is 4.03. The van der Waals surface area contributed by atoms with Crippen molar-refractivity contribution in [3.05, 3.63) is 41.2 Å². The zero-order valence-corrected chi connectivity index (χ0v) is 12.6. The minimum absolute atomic E-state index is 0.150. The summed E-state index contributed by atoms with van der Waals surface area (Å²) in [6.45, 7) is 2.40. The highest BCUT2D eigenvalue weighted by molar-refractivity contribution is 5.27. The molecule has 1 atom stereocenters. The Hall–Kier alpha value is -1.96. The van der Waals surface area contributed by atoms with E-state index in [1.54, 1.807) is 0 Å². The molecule has 0 radical (unpaired) electrons. The number of ether oxygens (including phenoxy) is 1. The fraction of sp³-hybridized carbons (Fsp3) is 0.467. The van der Waals surface area contributed by atoms with Crippen LogP contribution in [0.5, 0.6) is 5.75 Å². The first-order chi connectivity index (χ1) is 10.7. The van der Waals surface area contributed by atoms with E-state index < -0.39 is 6.10 Å². The molecule has 0 saturated carbocycles. The van der Waals surface area contributed by atoms with E-state index in [-0.39, 0.29) is 26.3 Å². The second-order valence-corrected chi connectivity index (χ2v) is 4.99. The number of aromatic nitrogens is 3. The molecule has 22 heavy (non-hydrogen) atoms. The molecule has 0 aliphatic rings. The van der Waals surface area contributed by atoms with Gasteiger partial charge in [0.25, 0.3) is 0 Å². The summed E-state index contributed by atoms with van der Waals surface area (Å²) >= 11 is 0. The van der Waals surface area contributed by atoms with Gasteiger partial charge in [-0.3, -0.25) is 0 Å². The molecule has 120 valence electrons. The Morgan fingerprint density at radius 1 is 1.32 bits per heavy atom. The van der Waals surface area contributed by atoms with E-state index in [0.29, 0.717) is 11.4 Å². The molecule has 0 fully saturated rings. The highest BCUT2D eigenvalue weighted by Gasteiger charge is 2.15. The van der Waals surface area contributed by atoms with Crippen molar-refractivity contribution in [2.24, 2.45) is 5.73 Å². The molecule has 7 heteroatoms. The van der Waals surface area contributed by atoms with Crippen LogP contribution in [0.25, 0.3) is 0 Å². The van der Waals surface area contributed by atoms with Crippen LogP contribution in [0.4, 0.5) is 0 Å². The SMILES string of the molecule is CCc1ccc(OCc2c(CN)nnn2CC(O)CO)cc1. The topological polar surface area (TPSA) is 106 Å². The van der Waals surface area contributed by atoms with E-state index in [0.717, 1.165) is 12.2 Å². The minimum Gasteiger partial charge on any atom is -0.487 e. The smallest absolute Gasteiger partial charge is 0.132 e. The van der Waals surface area contributed by atoms with Gasteiger partial charge in [0, 0.05) is 6.54 Å². The lowest BCUT2D eigenvalue weighted by atomic mass is 10.2. The molecule has 0 aliphatic heterocycles. The molecule has 1 aromatic carbocycles. The number of nitrogens with zero attached hydrogens (tertiary/aromatic N) is 3. The number of hydrogen-bond donors (Lipinski definition) is 3. The van der Waals surface area contributed by atoms with Crippen LogP contribution in [0.1, 0.15) is 23.9 Å². The Kier molecular flexibility index (Phi) is 5.88. The molecule has 0 amide bonds. The van der Waals surface area contributed by atoms with E-state index in [2.05, 4.69) is 17.2 Å². The molecule has 4 N–H and O–H groups in total. The van der Waals surface area contributed by atoms with Crippen LogP contribution in [0.3, 0.4) is 0 Å². The van der Waals surface area contributed by atoms with E-state index in [4.69, 9.17) is 15.6 Å². The maximum absolute atomic E-state index is 9.55. The Bertz CT molecular complexity index is 583. The summed E-state index contributed by atoms with van der Waals surface area (Å²) in [5, 5.41) is 26.4. The molecule has 2 rings (SSSR count). The molecule has 7 nitrogen and oxygen atoms in total. The normalized spacial score (nSPS) is 12.4. The summed E-state index contributed by atoms with van der Waals surface area (Å²) in [7, 11) is 0. The first-order valence-corrected chi connectivity index (χ1v) is 7.29. The standard InChI is InChI=1S/C15H22N4O3/c1-2-11-3-5-13(6-4-11)22-10-15-14(7-16)17-18-19(15)8-12(21)9-20/h3-6,12,20-21H,2,7-10,16H2,1H3. The van der Waals surface area contributed by atoms with Gasteiger partial charge in [-0.05, 0) is 24.1 Å². The van der Waals surface area contributed by atoms with Gasteiger partial charge in [-0.15, -0.1) is 5.10 Å². The maximum atomic E-state index is 9.55. The zero-order chi connectivity index (χ0) is 15.9. The summed E-state index contributed by atoms with van der Waals surface area (Å²) < 4.78 is 7.27. The van der Waals surface area contributed by atoms with Crippen LogP contribution < -0.4 is 10.5 Å². The monoisotopic (exact) mass is 306 g/mol. The van der Waals surface area contributed by atoms with E-state index in [1.165, 1.54) is 10.2 Å². The number of aliphatic hydroxyl groups is 2. The molecule has 1 unspecified atom stereocenters. The van der Waals surface area contributed by atoms with Gasteiger partial charge in [0.15, 0.2) is 0 Å². The highest BCUT2D eigenvalue weighted by Crippen LogP contribution is 2.16. The summed E-state index contributed by atoms with van der Waals surface area (Å²) in [5.74, 6) is 0.746. The molecular formula is C15H22N4O3. The summed E-state index contributed by atoms with van der Waals surface area (Å²) in [6.07, 6.45) is 0.0859.